The fourth-order valence-corrected chi connectivity index (χ4v) is 1.63. The molecule has 0 unspecified atom stereocenters. The summed E-state index contributed by atoms with van der Waals surface area (Å²) in [5.74, 6) is 1.12. The van der Waals surface area contributed by atoms with Crippen LogP contribution in [0.5, 0.6) is 5.75 Å². The Kier molecular flexibility index (Phi) is 2.63. The van der Waals surface area contributed by atoms with Gasteiger partial charge in [0.2, 0.25) is 0 Å². The zero-order valence-corrected chi connectivity index (χ0v) is 9.97. The minimum atomic E-state index is -0.272. The topological polar surface area (TPSA) is 75.1 Å². The lowest BCUT2D eigenvalue weighted by Gasteiger charge is -2.08. The van der Waals surface area contributed by atoms with Crippen LogP contribution >= 0.6 is 0 Å². The summed E-state index contributed by atoms with van der Waals surface area (Å²) >= 11 is 0. The van der Waals surface area contributed by atoms with Crippen molar-refractivity contribution in [2.24, 2.45) is 7.05 Å². The summed E-state index contributed by atoms with van der Waals surface area (Å²) in [6.45, 7) is 1.79. The molecule has 0 aromatic carbocycles. The number of nitrogen functional groups attached to an aromatic ring is 1. The van der Waals surface area contributed by atoms with Gasteiger partial charge in [0.05, 0.1) is 12.8 Å². The smallest absolute Gasteiger partial charge is 0.296 e. The van der Waals surface area contributed by atoms with Crippen LogP contribution in [0.1, 0.15) is 5.69 Å². The van der Waals surface area contributed by atoms with E-state index in [9.17, 15) is 4.79 Å². The molecule has 0 aliphatic heterocycles. The SMILES string of the molecule is COc1ccnc(-n2c(=O)c(N)c(C)n2C)c1. The maximum atomic E-state index is 11.9. The van der Waals surface area contributed by atoms with Crippen LogP contribution in [0.15, 0.2) is 23.1 Å². The van der Waals surface area contributed by atoms with Gasteiger partial charge in [-0.2, -0.15) is 4.68 Å². The summed E-state index contributed by atoms with van der Waals surface area (Å²) in [5, 5.41) is 0. The molecule has 2 rings (SSSR count). The van der Waals surface area contributed by atoms with Crippen molar-refractivity contribution in [1.29, 1.82) is 0 Å². The van der Waals surface area contributed by atoms with Crippen molar-refractivity contribution < 1.29 is 4.74 Å². The van der Waals surface area contributed by atoms with Gasteiger partial charge in [0.25, 0.3) is 5.56 Å². The molecule has 0 bridgehead atoms. The number of nitrogens with two attached hydrogens (primary N) is 1. The first kappa shape index (κ1) is 11.3. The van der Waals surface area contributed by atoms with Gasteiger partial charge in [0.1, 0.15) is 11.4 Å². The number of aromatic nitrogens is 3. The summed E-state index contributed by atoms with van der Waals surface area (Å²) in [6.07, 6.45) is 1.58. The molecule has 0 aliphatic rings. The van der Waals surface area contributed by atoms with E-state index in [4.69, 9.17) is 10.5 Å². The molecule has 0 fully saturated rings. The normalized spacial score (nSPS) is 10.5. The highest BCUT2D eigenvalue weighted by atomic mass is 16.5. The summed E-state index contributed by atoms with van der Waals surface area (Å²) in [6, 6.07) is 3.40. The van der Waals surface area contributed by atoms with Crippen LogP contribution in [0.4, 0.5) is 5.69 Å². The molecule has 90 valence electrons. The van der Waals surface area contributed by atoms with Gasteiger partial charge in [-0.3, -0.25) is 9.48 Å². The van der Waals surface area contributed by atoms with E-state index in [1.165, 1.54) is 4.68 Å². The first-order chi connectivity index (χ1) is 8.06. The zero-order chi connectivity index (χ0) is 12.6. The second-order valence-corrected chi connectivity index (χ2v) is 3.69. The lowest BCUT2D eigenvalue weighted by atomic mass is 10.4. The van der Waals surface area contributed by atoms with Crippen molar-refractivity contribution in [1.82, 2.24) is 14.3 Å². The average Bonchev–Trinajstić information content (AvgIpc) is 2.54. The Morgan fingerprint density at radius 3 is 2.71 bits per heavy atom. The molecular weight excluding hydrogens is 220 g/mol. The third kappa shape index (κ3) is 1.67. The lowest BCUT2D eigenvalue weighted by molar-refractivity contribution is 0.413. The van der Waals surface area contributed by atoms with Crippen molar-refractivity contribution in [3.8, 4) is 11.6 Å². The van der Waals surface area contributed by atoms with Gasteiger partial charge in [-0.1, -0.05) is 0 Å². The van der Waals surface area contributed by atoms with Gasteiger partial charge < -0.3 is 10.5 Å². The Balaban J connectivity index is 2.68. The maximum Gasteiger partial charge on any atom is 0.296 e. The zero-order valence-electron chi connectivity index (χ0n) is 9.97. The molecule has 0 radical (unpaired) electrons. The van der Waals surface area contributed by atoms with E-state index in [2.05, 4.69) is 4.98 Å². The summed E-state index contributed by atoms with van der Waals surface area (Å²) in [4.78, 5) is 16.1. The fraction of sp³-hybridized carbons (Fsp3) is 0.273. The number of ether oxygens (including phenoxy) is 1. The van der Waals surface area contributed by atoms with Crippen molar-refractivity contribution >= 4 is 5.69 Å². The molecule has 0 saturated heterocycles. The van der Waals surface area contributed by atoms with Gasteiger partial charge in [-0.25, -0.2) is 4.98 Å². The minimum Gasteiger partial charge on any atom is -0.497 e. The molecule has 0 spiro atoms. The standard InChI is InChI=1S/C11H14N4O2/c1-7-10(12)11(16)15(14(7)2)9-6-8(17-3)4-5-13-9/h4-6H,12H2,1-3H3. The molecule has 6 heteroatoms. The Labute approximate surface area is 98.2 Å². The Morgan fingerprint density at radius 1 is 1.47 bits per heavy atom. The van der Waals surface area contributed by atoms with Crippen molar-refractivity contribution in [3.05, 3.63) is 34.4 Å². The largest absolute Gasteiger partial charge is 0.497 e. The first-order valence-electron chi connectivity index (χ1n) is 5.10. The lowest BCUT2D eigenvalue weighted by Crippen LogP contribution is -2.21. The molecule has 0 amide bonds. The molecule has 2 N–H and O–H groups in total. The van der Waals surface area contributed by atoms with Gasteiger partial charge in [0, 0.05) is 19.3 Å². The second kappa shape index (κ2) is 3.97. The van der Waals surface area contributed by atoms with Crippen LogP contribution in [0.3, 0.4) is 0 Å². The van der Waals surface area contributed by atoms with Crippen molar-refractivity contribution in [2.75, 3.05) is 12.8 Å². The molecule has 2 aromatic rings. The molecule has 2 aromatic heterocycles. The number of rotatable bonds is 2. The van der Waals surface area contributed by atoms with Crippen molar-refractivity contribution in [3.63, 3.8) is 0 Å². The average molecular weight is 234 g/mol. The van der Waals surface area contributed by atoms with Crippen LogP contribution in [-0.2, 0) is 7.05 Å². The van der Waals surface area contributed by atoms with Crippen LogP contribution in [0, 0.1) is 6.92 Å². The summed E-state index contributed by atoms with van der Waals surface area (Å²) in [5.41, 5.74) is 6.37. The van der Waals surface area contributed by atoms with Crippen LogP contribution in [0.2, 0.25) is 0 Å². The van der Waals surface area contributed by atoms with E-state index in [1.54, 1.807) is 44.1 Å². The van der Waals surface area contributed by atoms with Gasteiger partial charge in [0.15, 0.2) is 5.82 Å². The van der Waals surface area contributed by atoms with Gasteiger partial charge in [-0.15, -0.1) is 0 Å². The monoisotopic (exact) mass is 234 g/mol. The quantitative estimate of drug-likeness (QED) is 0.819. The molecule has 17 heavy (non-hydrogen) atoms. The molecule has 0 atom stereocenters. The summed E-state index contributed by atoms with van der Waals surface area (Å²) in [7, 11) is 3.32. The van der Waals surface area contributed by atoms with E-state index >= 15 is 0 Å². The van der Waals surface area contributed by atoms with Crippen molar-refractivity contribution in [2.45, 2.75) is 6.92 Å². The molecule has 0 aliphatic carbocycles. The van der Waals surface area contributed by atoms with E-state index in [-0.39, 0.29) is 11.2 Å². The first-order valence-corrected chi connectivity index (χ1v) is 5.10. The Hall–Kier alpha value is -2.24. The number of pyridine rings is 1. The van der Waals surface area contributed by atoms with Crippen LogP contribution in [-0.4, -0.2) is 21.5 Å². The predicted octanol–water partition coefficient (Wildman–Crippen LogP) is 0.470. The van der Waals surface area contributed by atoms with Crippen LogP contribution < -0.4 is 16.0 Å². The third-order valence-electron chi connectivity index (χ3n) is 2.77. The Bertz CT molecular complexity index is 612. The predicted molar refractivity (Wildman–Crippen MR) is 64.5 cm³/mol. The van der Waals surface area contributed by atoms with E-state index in [0.29, 0.717) is 17.3 Å². The molecule has 0 saturated carbocycles. The van der Waals surface area contributed by atoms with Gasteiger partial charge in [-0.05, 0) is 13.0 Å². The van der Waals surface area contributed by atoms with Crippen LogP contribution in [0.25, 0.3) is 5.82 Å². The number of anilines is 1. The molecule has 2 heterocycles. The number of hydrogen-bond donors (Lipinski definition) is 1. The van der Waals surface area contributed by atoms with E-state index < -0.39 is 0 Å². The number of hydrogen-bond acceptors (Lipinski definition) is 4. The second-order valence-electron chi connectivity index (χ2n) is 3.69. The van der Waals surface area contributed by atoms with Gasteiger partial charge >= 0.3 is 0 Å². The minimum absolute atomic E-state index is 0.233. The summed E-state index contributed by atoms with van der Waals surface area (Å²) < 4.78 is 8.17. The Morgan fingerprint density at radius 2 is 2.18 bits per heavy atom. The highest BCUT2D eigenvalue weighted by Crippen LogP contribution is 2.14. The van der Waals surface area contributed by atoms with E-state index in [1.807, 2.05) is 0 Å². The maximum absolute atomic E-state index is 11.9. The third-order valence-corrected chi connectivity index (χ3v) is 2.77. The number of nitrogens with zero attached hydrogens (tertiary/aromatic N) is 3. The number of methoxy groups -OCH3 is 1. The van der Waals surface area contributed by atoms with E-state index in [0.717, 1.165) is 0 Å². The molecular formula is C11H14N4O2. The highest BCUT2D eigenvalue weighted by molar-refractivity contribution is 5.44. The fourth-order valence-electron chi connectivity index (χ4n) is 1.63. The highest BCUT2D eigenvalue weighted by Gasteiger charge is 2.14. The molecule has 6 nitrogen and oxygen atoms in total.